The van der Waals surface area contributed by atoms with Gasteiger partial charge in [0, 0.05) is 10.0 Å². The van der Waals surface area contributed by atoms with E-state index in [1.165, 1.54) is 6.92 Å². The van der Waals surface area contributed by atoms with Crippen molar-refractivity contribution in [1.29, 1.82) is 0 Å². The van der Waals surface area contributed by atoms with Crippen molar-refractivity contribution in [3.63, 3.8) is 0 Å². The van der Waals surface area contributed by atoms with Crippen molar-refractivity contribution in [2.45, 2.75) is 38.7 Å². The highest BCUT2D eigenvalue weighted by Gasteiger charge is 2.67. The van der Waals surface area contributed by atoms with Gasteiger partial charge in [0.15, 0.2) is 0 Å². The normalized spacial score (nSPS) is 32.0. The average Bonchev–Trinajstić information content (AvgIpc) is 3.01. The molecule has 0 radical (unpaired) electrons. The number of hydrogen-bond donors (Lipinski definition) is 0. The maximum absolute atomic E-state index is 12.4. The van der Waals surface area contributed by atoms with Crippen molar-refractivity contribution < 1.29 is 23.9 Å². The van der Waals surface area contributed by atoms with Crippen LogP contribution in [0.1, 0.15) is 33.3 Å². The smallest absolute Gasteiger partial charge is 0.334 e. The Labute approximate surface area is 154 Å². The SMILES string of the molecule is CC(=O)[C@@H]1C(=O)OC[C@@]1(c1ccc(Br)cc1)C1(C)OC(=O)C(C)=C1C. The van der Waals surface area contributed by atoms with Crippen LogP contribution >= 0.6 is 15.9 Å². The van der Waals surface area contributed by atoms with Gasteiger partial charge in [-0.15, -0.1) is 0 Å². The Morgan fingerprint density at radius 2 is 1.80 bits per heavy atom. The molecule has 0 saturated carbocycles. The molecule has 3 rings (SSSR count). The maximum atomic E-state index is 12.4. The minimum atomic E-state index is -1.15. The summed E-state index contributed by atoms with van der Waals surface area (Å²) in [7, 11) is 0. The van der Waals surface area contributed by atoms with Gasteiger partial charge in [0.1, 0.15) is 23.9 Å². The van der Waals surface area contributed by atoms with Gasteiger partial charge < -0.3 is 9.47 Å². The molecule has 1 saturated heterocycles. The fourth-order valence-electron chi connectivity index (χ4n) is 4.03. The molecule has 1 fully saturated rings. The topological polar surface area (TPSA) is 69.7 Å². The largest absolute Gasteiger partial charge is 0.464 e. The lowest BCUT2D eigenvalue weighted by molar-refractivity contribution is -0.156. The Hall–Kier alpha value is -1.95. The van der Waals surface area contributed by atoms with Crippen LogP contribution < -0.4 is 0 Å². The highest BCUT2D eigenvalue weighted by atomic mass is 79.9. The van der Waals surface area contributed by atoms with Gasteiger partial charge in [-0.25, -0.2) is 4.79 Å². The molecule has 2 heterocycles. The van der Waals surface area contributed by atoms with Gasteiger partial charge in [-0.1, -0.05) is 28.1 Å². The first-order valence-corrected chi connectivity index (χ1v) is 8.79. The first kappa shape index (κ1) is 17.9. The highest BCUT2D eigenvalue weighted by Crippen LogP contribution is 2.54. The molecule has 5 nitrogen and oxygen atoms in total. The zero-order valence-electron chi connectivity index (χ0n) is 14.5. The third-order valence-electron chi connectivity index (χ3n) is 5.67. The van der Waals surface area contributed by atoms with E-state index in [0.29, 0.717) is 11.1 Å². The Balaban J connectivity index is 2.32. The van der Waals surface area contributed by atoms with E-state index in [0.717, 1.165) is 10.0 Å². The molecular weight excluding hydrogens is 388 g/mol. The summed E-state index contributed by atoms with van der Waals surface area (Å²) in [6.07, 6.45) is 0. The van der Waals surface area contributed by atoms with Crippen molar-refractivity contribution in [2.75, 3.05) is 6.61 Å². The van der Waals surface area contributed by atoms with Crippen molar-refractivity contribution >= 4 is 33.7 Å². The highest BCUT2D eigenvalue weighted by molar-refractivity contribution is 9.10. The van der Waals surface area contributed by atoms with Crippen LogP contribution in [-0.4, -0.2) is 29.9 Å². The zero-order chi connectivity index (χ0) is 18.6. The molecule has 3 atom stereocenters. The number of rotatable bonds is 3. The van der Waals surface area contributed by atoms with E-state index >= 15 is 0 Å². The van der Waals surface area contributed by atoms with Crippen molar-refractivity contribution in [3.8, 4) is 0 Å². The predicted molar refractivity (Wildman–Crippen MR) is 93.8 cm³/mol. The summed E-state index contributed by atoms with van der Waals surface area (Å²) in [4.78, 5) is 37.1. The van der Waals surface area contributed by atoms with Gasteiger partial charge >= 0.3 is 11.9 Å². The second-order valence-corrected chi connectivity index (χ2v) is 7.72. The summed E-state index contributed by atoms with van der Waals surface area (Å²) in [6.45, 7) is 6.61. The van der Waals surface area contributed by atoms with Crippen LogP contribution in [0.15, 0.2) is 39.9 Å². The summed E-state index contributed by atoms with van der Waals surface area (Å²) in [5.41, 5.74) is -0.310. The molecule has 25 heavy (non-hydrogen) atoms. The molecule has 0 N–H and O–H groups in total. The number of benzene rings is 1. The summed E-state index contributed by atoms with van der Waals surface area (Å²) < 4.78 is 12.0. The van der Waals surface area contributed by atoms with E-state index in [-0.39, 0.29) is 12.4 Å². The molecule has 1 aromatic carbocycles. The third kappa shape index (κ3) is 2.30. The fourth-order valence-corrected chi connectivity index (χ4v) is 4.29. The number of ketones is 1. The quantitative estimate of drug-likeness (QED) is 0.569. The van der Waals surface area contributed by atoms with Gasteiger partial charge in [-0.2, -0.15) is 0 Å². The molecule has 0 spiro atoms. The Bertz CT molecular complexity index is 810. The fraction of sp³-hybridized carbons (Fsp3) is 0.421. The Morgan fingerprint density at radius 3 is 2.28 bits per heavy atom. The van der Waals surface area contributed by atoms with E-state index in [9.17, 15) is 14.4 Å². The molecule has 0 aliphatic carbocycles. The molecule has 1 unspecified atom stereocenters. The summed E-state index contributed by atoms with van der Waals surface area (Å²) in [5.74, 6) is -2.35. The van der Waals surface area contributed by atoms with Crippen molar-refractivity contribution in [2.24, 2.45) is 5.92 Å². The molecule has 0 amide bonds. The molecular formula is C19H19BrO5. The summed E-state index contributed by atoms with van der Waals surface area (Å²) in [5, 5.41) is 0. The van der Waals surface area contributed by atoms with Crippen molar-refractivity contribution in [3.05, 3.63) is 45.4 Å². The van der Waals surface area contributed by atoms with Crippen LogP contribution in [0.5, 0.6) is 0 Å². The van der Waals surface area contributed by atoms with Gasteiger partial charge in [0.25, 0.3) is 0 Å². The molecule has 2 aliphatic rings. The van der Waals surface area contributed by atoms with E-state index in [1.54, 1.807) is 20.8 Å². The van der Waals surface area contributed by atoms with Gasteiger partial charge in [-0.3, -0.25) is 9.59 Å². The lowest BCUT2D eigenvalue weighted by Gasteiger charge is -2.44. The number of cyclic esters (lactones) is 2. The van der Waals surface area contributed by atoms with Gasteiger partial charge in [0.05, 0.1) is 5.41 Å². The van der Waals surface area contributed by atoms with E-state index < -0.39 is 28.9 Å². The molecule has 132 valence electrons. The molecule has 0 aromatic heterocycles. The van der Waals surface area contributed by atoms with E-state index in [4.69, 9.17) is 9.47 Å². The Kier molecular flexibility index (Phi) is 4.14. The lowest BCUT2D eigenvalue weighted by Crippen LogP contribution is -2.57. The van der Waals surface area contributed by atoms with E-state index in [1.807, 2.05) is 24.3 Å². The number of hydrogen-bond acceptors (Lipinski definition) is 5. The van der Waals surface area contributed by atoms with Gasteiger partial charge in [-0.05, 0) is 51.0 Å². The Morgan fingerprint density at radius 1 is 1.20 bits per heavy atom. The number of Topliss-reactive ketones (excluding diaryl/α,β-unsaturated/α-hetero) is 1. The minimum absolute atomic E-state index is 0.0217. The second kappa shape index (κ2) is 5.80. The first-order chi connectivity index (χ1) is 11.6. The summed E-state index contributed by atoms with van der Waals surface area (Å²) >= 11 is 3.40. The van der Waals surface area contributed by atoms with Crippen LogP contribution in [0.2, 0.25) is 0 Å². The van der Waals surface area contributed by atoms with Crippen LogP contribution in [0.25, 0.3) is 0 Å². The minimum Gasteiger partial charge on any atom is -0.464 e. The number of esters is 2. The standard InChI is InChI=1S/C19H19BrO5/c1-10-11(2)18(4,25-16(10)22)19(13-5-7-14(20)8-6-13)9-24-17(23)15(19)12(3)21/h5-8,15H,9H2,1-4H3/t15-,18?,19+/m1/s1. The number of carbonyl (C=O) groups excluding carboxylic acids is 3. The number of carbonyl (C=O) groups is 3. The molecule has 0 bridgehead atoms. The third-order valence-corrected chi connectivity index (χ3v) is 6.20. The zero-order valence-corrected chi connectivity index (χ0v) is 16.1. The van der Waals surface area contributed by atoms with Crippen molar-refractivity contribution in [1.82, 2.24) is 0 Å². The van der Waals surface area contributed by atoms with Crippen LogP contribution in [0.3, 0.4) is 0 Å². The molecule has 1 aromatic rings. The average molecular weight is 407 g/mol. The monoisotopic (exact) mass is 406 g/mol. The van der Waals surface area contributed by atoms with Gasteiger partial charge in [0.2, 0.25) is 0 Å². The first-order valence-electron chi connectivity index (χ1n) is 7.99. The second-order valence-electron chi connectivity index (χ2n) is 6.80. The molecule has 2 aliphatic heterocycles. The van der Waals surface area contributed by atoms with Crippen LogP contribution in [0, 0.1) is 5.92 Å². The van der Waals surface area contributed by atoms with Crippen LogP contribution in [-0.2, 0) is 29.3 Å². The van der Waals surface area contributed by atoms with E-state index in [2.05, 4.69) is 15.9 Å². The number of halogens is 1. The maximum Gasteiger partial charge on any atom is 0.334 e. The molecule has 6 heteroatoms. The predicted octanol–water partition coefficient (Wildman–Crippen LogP) is 3.10. The van der Waals surface area contributed by atoms with Crippen LogP contribution in [0.4, 0.5) is 0 Å². The number of ether oxygens (including phenoxy) is 2. The lowest BCUT2D eigenvalue weighted by atomic mass is 9.59. The summed E-state index contributed by atoms with van der Waals surface area (Å²) in [6, 6.07) is 7.34.